The number of halogens is 2. The minimum Gasteiger partial charge on any atom is -0.463 e. The molecule has 180 valence electrons. The molecule has 0 unspecified atom stereocenters. The number of carbonyl (C=O) groups is 2. The highest BCUT2D eigenvalue weighted by molar-refractivity contribution is 5.95. The Hall–Kier alpha value is -2.52. The van der Waals surface area contributed by atoms with Crippen LogP contribution in [0.4, 0.5) is 13.6 Å². The van der Waals surface area contributed by atoms with Gasteiger partial charge in [-0.25, -0.2) is 18.4 Å². The van der Waals surface area contributed by atoms with Gasteiger partial charge in [0.2, 0.25) is 0 Å². The van der Waals surface area contributed by atoms with Crippen LogP contribution in [0.5, 0.6) is 0 Å². The van der Waals surface area contributed by atoms with Crippen molar-refractivity contribution in [1.29, 1.82) is 0 Å². The van der Waals surface area contributed by atoms with Crippen molar-refractivity contribution in [2.45, 2.75) is 51.1 Å². The molecule has 4 rings (SSSR count). The molecule has 1 aromatic carbocycles. The van der Waals surface area contributed by atoms with E-state index in [9.17, 15) is 18.4 Å². The minimum absolute atomic E-state index is 0.161. The first-order chi connectivity index (χ1) is 16.0. The summed E-state index contributed by atoms with van der Waals surface area (Å²) >= 11 is 0. The lowest BCUT2D eigenvalue weighted by Gasteiger charge is -2.41. The standard InChI is InChI=1S/C24H32F2N4O3/c1-2-33-23(31)21-20(15-29-10-12-30(13-11-29)17-6-4-3-5-7-17)27-24(32)28-22(21)16-8-9-18(25)19(26)14-16/h8-9,14,17,22H,2-7,10-13,15H2,1H3,(H2,27,28,32)/t22-/m1/s1. The second-order valence-electron chi connectivity index (χ2n) is 8.92. The van der Waals surface area contributed by atoms with Crippen molar-refractivity contribution in [2.24, 2.45) is 0 Å². The predicted octanol–water partition coefficient (Wildman–Crippen LogP) is 3.09. The van der Waals surface area contributed by atoms with Crippen LogP contribution in [-0.4, -0.2) is 67.2 Å². The third kappa shape index (κ3) is 5.52. The molecule has 3 aliphatic rings. The molecule has 0 aromatic heterocycles. The molecule has 2 amide bonds. The van der Waals surface area contributed by atoms with Crippen molar-refractivity contribution in [1.82, 2.24) is 20.4 Å². The Morgan fingerprint density at radius 1 is 1.09 bits per heavy atom. The van der Waals surface area contributed by atoms with Crippen molar-refractivity contribution in [3.8, 4) is 0 Å². The van der Waals surface area contributed by atoms with Crippen molar-refractivity contribution in [3.05, 3.63) is 46.7 Å². The number of nitrogens with one attached hydrogen (secondary N) is 2. The summed E-state index contributed by atoms with van der Waals surface area (Å²) in [6.45, 7) is 5.79. The number of urea groups is 1. The lowest BCUT2D eigenvalue weighted by atomic mass is 9.93. The number of benzene rings is 1. The second-order valence-corrected chi connectivity index (χ2v) is 8.92. The van der Waals surface area contributed by atoms with Crippen molar-refractivity contribution in [2.75, 3.05) is 39.3 Å². The summed E-state index contributed by atoms with van der Waals surface area (Å²) in [5, 5.41) is 5.42. The van der Waals surface area contributed by atoms with E-state index in [1.807, 2.05) is 0 Å². The molecule has 7 nitrogen and oxygen atoms in total. The smallest absolute Gasteiger partial charge is 0.338 e. The third-order valence-corrected chi connectivity index (χ3v) is 6.81. The van der Waals surface area contributed by atoms with Gasteiger partial charge in [0, 0.05) is 44.5 Å². The average molecular weight is 463 g/mol. The van der Waals surface area contributed by atoms with Gasteiger partial charge in [0.25, 0.3) is 0 Å². The number of esters is 1. The van der Waals surface area contributed by atoms with E-state index in [1.54, 1.807) is 6.92 Å². The van der Waals surface area contributed by atoms with E-state index < -0.39 is 29.7 Å². The topological polar surface area (TPSA) is 73.9 Å². The number of ether oxygens (including phenoxy) is 1. The average Bonchev–Trinajstić information content (AvgIpc) is 2.81. The van der Waals surface area contributed by atoms with E-state index >= 15 is 0 Å². The van der Waals surface area contributed by atoms with Gasteiger partial charge < -0.3 is 15.4 Å². The molecule has 0 bridgehead atoms. The Labute approximate surface area is 193 Å². The Balaban J connectivity index is 1.54. The molecular formula is C24H32F2N4O3. The van der Waals surface area contributed by atoms with E-state index in [0.29, 0.717) is 18.3 Å². The Morgan fingerprint density at radius 3 is 2.48 bits per heavy atom. The van der Waals surface area contributed by atoms with Gasteiger partial charge in [-0.1, -0.05) is 25.3 Å². The molecule has 33 heavy (non-hydrogen) atoms. The minimum atomic E-state index is -1.04. The van der Waals surface area contributed by atoms with Crippen LogP contribution in [0.25, 0.3) is 0 Å². The SMILES string of the molecule is CCOC(=O)C1=C(CN2CCN(C3CCCCC3)CC2)NC(=O)N[C@@H]1c1ccc(F)c(F)c1. The summed E-state index contributed by atoms with van der Waals surface area (Å²) in [6, 6.07) is 2.61. The van der Waals surface area contributed by atoms with Gasteiger partial charge in [-0.3, -0.25) is 9.80 Å². The maximum atomic E-state index is 13.9. The largest absolute Gasteiger partial charge is 0.463 e. The summed E-state index contributed by atoms with van der Waals surface area (Å²) in [5.74, 6) is -2.61. The number of carbonyl (C=O) groups excluding carboxylic acids is 2. The van der Waals surface area contributed by atoms with Crippen LogP contribution in [0.1, 0.15) is 50.6 Å². The highest BCUT2D eigenvalue weighted by Crippen LogP contribution is 2.30. The third-order valence-electron chi connectivity index (χ3n) is 6.81. The zero-order valence-electron chi connectivity index (χ0n) is 19.0. The molecule has 2 fully saturated rings. The van der Waals surface area contributed by atoms with Crippen molar-refractivity contribution < 1.29 is 23.1 Å². The highest BCUT2D eigenvalue weighted by atomic mass is 19.2. The quantitative estimate of drug-likeness (QED) is 0.636. The van der Waals surface area contributed by atoms with Crippen LogP contribution in [0.3, 0.4) is 0 Å². The number of hydrogen-bond acceptors (Lipinski definition) is 5. The normalized spacial score (nSPS) is 23.2. The van der Waals surface area contributed by atoms with Gasteiger partial charge in [0.05, 0.1) is 18.2 Å². The van der Waals surface area contributed by atoms with Gasteiger partial charge >= 0.3 is 12.0 Å². The summed E-state index contributed by atoms with van der Waals surface area (Å²) < 4.78 is 32.7. The van der Waals surface area contributed by atoms with E-state index in [2.05, 4.69) is 20.4 Å². The molecule has 2 N–H and O–H groups in total. The fourth-order valence-electron chi connectivity index (χ4n) is 5.09. The maximum Gasteiger partial charge on any atom is 0.338 e. The van der Waals surface area contributed by atoms with E-state index in [-0.39, 0.29) is 17.7 Å². The molecule has 1 aliphatic carbocycles. The molecule has 2 heterocycles. The highest BCUT2D eigenvalue weighted by Gasteiger charge is 2.35. The summed E-state index contributed by atoms with van der Waals surface area (Å²) in [5.41, 5.74) is 0.946. The molecule has 1 saturated heterocycles. The first-order valence-electron chi connectivity index (χ1n) is 11.8. The fraction of sp³-hybridized carbons (Fsp3) is 0.583. The first-order valence-corrected chi connectivity index (χ1v) is 11.8. The number of hydrogen-bond donors (Lipinski definition) is 2. The summed E-state index contributed by atoms with van der Waals surface area (Å²) in [6.07, 6.45) is 6.44. The number of rotatable bonds is 6. The monoisotopic (exact) mass is 462 g/mol. The van der Waals surface area contributed by atoms with E-state index in [1.165, 1.54) is 38.2 Å². The lowest BCUT2D eigenvalue weighted by molar-refractivity contribution is -0.139. The summed E-state index contributed by atoms with van der Waals surface area (Å²) in [4.78, 5) is 30.1. The Kier molecular flexibility index (Phi) is 7.60. The molecule has 9 heteroatoms. The van der Waals surface area contributed by atoms with Crippen molar-refractivity contribution in [3.63, 3.8) is 0 Å². The zero-order chi connectivity index (χ0) is 23.4. The molecule has 2 aliphatic heterocycles. The lowest BCUT2D eigenvalue weighted by Crippen LogP contribution is -2.53. The van der Waals surface area contributed by atoms with Gasteiger partial charge in [0.1, 0.15) is 0 Å². The maximum absolute atomic E-state index is 13.9. The van der Waals surface area contributed by atoms with E-state index in [4.69, 9.17) is 4.74 Å². The van der Waals surface area contributed by atoms with Gasteiger partial charge in [0.15, 0.2) is 11.6 Å². The van der Waals surface area contributed by atoms with Gasteiger partial charge in [-0.15, -0.1) is 0 Å². The molecule has 0 radical (unpaired) electrons. The Bertz CT molecular complexity index is 909. The van der Waals surface area contributed by atoms with Crippen LogP contribution in [0.15, 0.2) is 29.5 Å². The van der Waals surface area contributed by atoms with E-state index in [0.717, 1.165) is 38.3 Å². The van der Waals surface area contributed by atoms with Gasteiger partial charge in [-0.2, -0.15) is 0 Å². The number of piperazine rings is 1. The fourth-order valence-corrected chi connectivity index (χ4v) is 5.09. The molecule has 1 atom stereocenters. The van der Waals surface area contributed by atoms with Crippen LogP contribution in [0.2, 0.25) is 0 Å². The van der Waals surface area contributed by atoms with Crippen LogP contribution < -0.4 is 10.6 Å². The second kappa shape index (κ2) is 10.6. The Morgan fingerprint density at radius 2 is 1.82 bits per heavy atom. The molecular weight excluding hydrogens is 430 g/mol. The number of amides is 2. The number of nitrogens with zero attached hydrogens (tertiary/aromatic N) is 2. The van der Waals surface area contributed by atoms with Crippen LogP contribution >= 0.6 is 0 Å². The van der Waals surface area contributed by atoms with Crippen LogP contribution in [-0.2, 0) is 9.53 Å². The molecule has 1 saturated carbocycles. The van der Waals surface area contributed by atoms with Crippen LogP contribution in [0, 0.1) is 11.6 Å². The summed E-state index contributed by atoms with van der Waals surface area (Å²) in [7, 11) is 0. The molecule has 0 spiro atoms. The predicted molar refractivity (Wildman–Crippen MR) is 119 cm³/mol. The zero-order valence-corrected chi connectivity index (χ0v) is 19.0. The van der Waals surface area contributed by atoms with Gasteiger partial charge in [-0.05, 0) is 37.5 Å². The molecule has 1 aromatic rings. The first kappa shape index (κ1) is 23.6. The van der Waals surface area contributed by atoms with Crippen molar-refractivity contribution >= 4 is 12.0 Å².